The third-order valence-corrected chi connectivity index (χ3v) is 3.20. The number of benzene rings is 1. The SMILES string of the molecule is CCNCc1cc(C)nc(Oc2cc(Br)cc(F)c2F)c1. The van der Waals surface area contributed by atoms with E-state index in [2.05, 4.69) is 26.2 Å². The van der Waals surface area contributed by atoms with Crippen molar-refractivity contribution >= 4 is 15.9 Å². The lowest BCUT2D eigenvalue weighted by atomic mass is 10.2. The lowest BCUT2D eigenvalue weighted by molar-refractivity contribution is 0.403. The minimum absolute atomic E-state index is 0.200. The Bertz CT molecular complexity index is 650. The molecule has 0 saturated carbocycles. The molecule has 1 aromatic carbocycles. The van der Waals surface area contributed by atoms with Gasteiger partial charge in [0.1, 0.15) is 0 Å². The van der Waals surface area contributed by atoms with E-state index in [1.165, 1.54) is 6.07 Å². The number of hydrogen-bond acceptors (Lipinski definition) is 3. The molecule has 0 aliphatic heterocycles. The van der Waals surface area contributed by atoms with Crippen LogP contribution in [0.15, 0.2) is 28.7 Å². The van der Waals surface area contributed by atoms with Crippen LogP contribution < -0.4 is 10.1 Å². The average Bonchev–Trinajstić information content (AvgIpc) is 2.41. The van der Waals surface area contributed by atoms with Crippen LogP contribution in [0.25, 0.3) is 0 Å². The molecule has 0 aliphatic rings. The number of aryl methyl sites for hydroxylation is 1. The van der Waals surface area contributed by atoms with Gasteiger partial charge in [-0.25, -0.2) is 9.37 Å². The highest BCUT2D eigenvalue weighted by atomic mass is 79.9. The van der Waals surface area contributed by atoms with Gasteiger partial charge in [0.2, 0.25) is 11.7 Å². The summed E-state index contributed by atoms with van der Waals surface area (Å²) in [4.78, 5) is 4.18. The second kappa shape index (κ2) is 6.95. The maximum atomic E-state index is 13.7. The minimum atomic E-state index is -1.03. The number of ether oxygens (including phenoxy) is 1. The van der Waals surface area contributed by atoms with E-state index in [0.29, 0.717) is 11.0 Å². The normalized spacial score (nSPS) is 10.7. The molecule has 6 heteroatoms. The first kappa shape index (κ1) is 15.9. The summed E-state index contributed by atoms with van der Waals surface area (Å²) in [6.07, 6.45) is 0. The third-order valence-electron chi connectivity index (χ3n) is 2.74. The van der Waals surface area contributed by atoms with Crippen LogP contribution in [0, 0.1) is 18.6 Å². The van der Waals surface area contributed by atoms with E-state index in [9.17, 15) is 8.78 Å². The Morgan fingerprint density at radius 3 is 2.71 bits per heavy atom. The van der Waals surface area contributed by atoms with Gasteiger partial charge in [-0.15, -0.1) is 0 Å². The van der Waals surface area contributed by atoms with Crippen LogP contribution in [0.4, 0.5) is 8.78 Å². The first-order valence-electron chi connectivity index (χ1n) is 6.50. The minimum Gasteiger partial charge on any atom is -0.436 e. The first-order valence-corrected chi connectivity index (χ1v) is 7.29. The molecule has 1 aromatic heterocycles. The molecule has 2 aromatic rings. The second-order valence-corrected chi connectivity index (χ2v) is 5.45. The molecule has 0 atom stereocenters. The first-order chi connectivity index (χ1) is 9.99. The highest BCUT2D eigenvalue weighted by Crippen LogP contribution is 2.29. The van der Waals surface area contributed by atoms with Gasteiger partial charge in [0.25, 0.3) is 0 Å². The van der Waals surface area contributed by atoms with Gasteiger partial charge in [0.05, 0.1) is 0 Å². The van der Waals surface area contributed by atoms with E-state index in [1.54, 1.807) is 6.07 Å². The molecule has 0 saturated heterocycles. The van der Waals surface area contributed by atoms with E-state index >= 15 is 0 Å². The molecule has 112 valence electrons. The standard InChI is InChI=1S/C15H15BrF2N2O/c1-3-19-8-10-4-9(2)20-14(5-10)21-13-7-11(16)6-12(17)15(13)18/h4-7,19H,3,8H2,1-2H3. The Morgan fingerprint density at radius 1 is 1.24 bits per heavy atom. The van der Waals surface area contributed by atoms with E-state index < -0.39 is 11.6 Å². The molecule has 0 unspecified atom stereocenters. The topological polar surface area (TPSA) is 34.2 Å². The van der Waals surface area contributed by atoms with Gasteiger partial charge in [-0.2, -0.15) is 4.39 Å². The molecule has 1 N–H and O–H groups in total. The Balaban J connectivity index is 2.29. The Hall–Kier alpha value is -1.53. The molecule has 3 nitrogen and oxygen atoms in total. The van der Waals surface area contributed by atoms with Crippen LogP contribution in [-0.4, -0.2) is 11.5 Å². The van der Waals surface area contributed by atoms with Crippen molar-refractivity contribution in [2.45, 2.75) is 20.4 Å². The Labute approximate surface area is 130 Å². The number of rotatable bonds is 5. The molecule has 0 amide bonds. The summed E-state index contributed by atoms with van der Waals surface area (Å²) in [7, 11) is 0. The van der Waals surface area contributed by atoms with Crippen LogP contribution in [0.1, 0.15) is 18.2 Å². The van der Waals surface area contributed by atoms with Gasteiger partial charge in [-0.3, -0.25) is 0 Å². The monoisotopic (exact) mass is 356 g/mol. The van der Waals surface area contributed by atoms with Gasteiger partial charge in [-0.1, -0.05) is 22.9 Å². The van der Waals surface area contributed by atoms with E-state index in [0.717, 1.165) is 23.9 Å². The maximum Gasteiger partial charge on any atom is 0.219 e. The van der Waals surface area contributed by atoms with Crippen molar-refractivity contribution in [3.8, 4) is 11.6 Å². The molecule has 0 bridgehead atoms. The summed E-state index contributed by atoms with van der Waals surface area (Å²) in [5, 5.41) is 3.19. The number of halogens is 3. The summed E-state index contributed by atoms with van der Waals surface area (Å²) in [5.41, 5.74) is 1.71. The smallest absolute Gasteiger partial charge is 0.219 e. The quantitative estimate of drug-likeness (QED) is 0.809. The molecule has 21 heavy (non-hydrogen) atoms. The fraction of sp³-hybridized carbons (Fsp3) is 0.267. The van der Waals surface area contributed by atoms with E-state index in [1.807, 2.05) is 19.9 Å². The van der Waals surface area contributed by atoms with E-state index in [4.69, 9.17) is 4.74 Å². The average molecular weight is 357 g/mol. The summed E-state index contributed by atoms with van der Waals surface area (Å²) in [6, 6.07) is 6.02. The van der Waals surface area contributed by atoms with Crippen LogP contribution in [-0.2, 0) is 6.54 Å². The lowest BCUT2D eigenvalue weighted by Gasteiger charge is -2.10. The van der Waals surface area contributed by atoms with Crippen molar-refractivity contribution in [2.24, 2.45) is 0 Å². The zero-order valence-electron chi connectivity index (χ0n) is 11.7. The van der Waals surface area contributed by atoms with Crippen LogP contribution >= 0.6 is 15.9 Å². The van der Waals surface area contributed by atoms with Crippen molar-refractivity contribution in [1.82, 2.24) is 10.3 Å². The zero-order valence-corrected chi connectivity index (χ0v) is 13.3. The summed E-state index contributed by atoms with van der Waals surface area (Å²) in [6.45, 7) is 5.32. The summed E-state index contributed by atoms with van der Waals surface area (Å²) >= 11 is 3.11. The largest absolute Gasteiger partial charge is 0.436 e. The predicted molar refractivity (Wildman–Crippen MR) is 80.5 cm³/mol. The molecule has 0 fully saturated rings. The van der Waals surface area contributed by atoms with Gasteiger partial charge >= 0.3 is 0 Å². The van der Waals surface area contributed by atoms with Crippen molar-refractivity contribution in [2.75, 3.05) is 6.54 Å². The molecular formula is C15H15BrF2N2O. The molecule has 2 rings (SSSR count). The molecule has 1 heterocycles. The number of hydrogen-bond donors (Lipinski definition) is 1. The molecule has 0 spiro atoms. The fourth-order valence-corrected chi connectivity index (χ4v) is 2.26. The third kappa shape index (κ3) is 4.22. The maximum absolute atomic E-state index is 13.7. The van der Waals surface area contributed by atoms with Crippen LogP contribution in [0.3, 0.4) is 0 Å². The van der Waals surface area contributed by atoms with Gasteiger partial charge in [-0.05, 0) is 37.2 Å². The van der Waals surface area contributed by atoms with Gasteiger partial charge in [0.15, 0.2) is 11.6 Å². The van der Waals surface area contributed by atoms with Crippen molar-refractivity contribution in [3.63, 3.8) is 0 Å². The van der Waals surface area contributed by atoms with Crippen molar-refractivity contribution < 1.29 is 13.5 Å². The molecule has 0 aliphatic carbocycles. The number of nitrogens with one attached hydrogen (secondary N) is 1. The second-order valence-electron chi connectivity index (χ2n) is 4.54. The van der Waals surface area contributed by atoms with Crippen LogP contribution in [0.5, 0.6) is 11.6 Å². The Kier molecular flexibility index (Phi) is 5.25. The molecule has 0 radical (unpaired) electrons. The highest BCUT2D eigenvalue weighted by Gasteiger charge is 2.13. The zero-order chi connectivity index (χ0) is 15.4. The number of nitrogens with zero attached hydrogens (tertiary/aromatic N) is 1. The number of pyridine rings is 1. The lowest BCUT2D eigenvalue weighted by Crippen LogP contribution is -2.12. The fourth-order valence-electron chi connectivity index (χ4n) is 1.85. The van der Waals surface area contributed by atoms with Gasteiger partial charge in [0, 0.05) is 22.8 Å². The van der Waals surface area contributed by atoms with E-state index in [-0.39, 0.29) is 11.6 Å². The molecular weight excluding hydrogens is 342 g/mol. The summed E-state index contributed by atoms with van der Waals surface area (Å²) < 4.78 is 32.9. The van der Waals surface area contributed by atoms with Crippen LogP contribution in [0.2, 0.25) is 0 Å². The number of aromatic nitrogens is 1. The predicted octanol–water partition coefficient (Wildman–Crippen LogP) is 4.33. The van der Waals surface area contributed by atoms with Crippen molar-refractivity contribution in [1.29, 1.82) is 0 Å². The van der Waals surface area contributed by atoms with Gasteiger partial charge < -0.3 is 10.1 Å². The van der Waals surface area contributed by atoms with Crippen molar-refractivity contribution in [3.05, 3.63) is 51.6 Å². The summed E-state index contributed by atoms with van der Waals surface area (Å²) in [5.74, 6) is -1.97. The highest BCUT2D eigenvalue weighted by molar-refractivity contribution is 9.10. The Morgan fingerprint density at radius 2 is 2.00 bits per heavy atom.